The SMILES string of the molecule is Cc1ccc(S(=O)(=O)c2cn(CC(=O)Nc3cc(C)ccc3C)c3ccccc3c2=O)cc1. The van der Waals surface area contributed by atoms with Gasteiger partial charge in [0.2, 0.25) is 21.2 Å². The van der Waals surface area contributed by atoms with Crippen molar-refractivity contribution in [2.24, 2.45) is 0 Å². The lowest BCUT2D eigenvalue weighted by atomic mass is 10.1. The summed E-state index contributed by atoms with van der Waals surface area (Å²) in [7, 11) is -4.07. The third-order valence-corrected chi connectivity index (χ3v) is 7.32. The van der Waals surface area contributed by atoms with Gasteiger partial charge in [0.05, 0.1) is 10.4 Å². The Labute approximate surface area is 192 Å². The second kappa shape index (κ2) is 8.67. The van der Waals surface area contributed by atoms with E-state index >= 15 is 0 Å². The molecule has 0 aliphatic carbocycles. The van der Waals surface area contributed by atoms with Crippen LogP contribution in [0.15, 0.2) is 87.5 Å². The number of aromatic nitrogens is 1. The molecule has 168 valence electrons. The molecule has 0 radical (unpaired) electrons. The van der Waals surface area contributed by atoms with E-state index in [4.69, 9.17) is 0 Å². The number of anilines is 1. The molecule has 0 bridgehead atoms. The predicted octanol–water partition coefficient (Wildman–Crippen LogP) is 4.40. The molecular formula is C26H24N2O4S. The van der Waals surface area contributed by atoms with Crippen LogP contribution in [0.1, 0.15) is 16.7 Å². The number of carbonyl (C=O) groups excluding carboxylic acids is 1. The Morgan fingerprint density at radius 1 is 0.909 bits per heavy atom. The van der Waals surface area contributed by atoms with Crippen LogP contribution in [0.5, 0.6) is 0 Å². The maximum absolute atomic E-state index is 13.3. The average Bonchev–Trinajstić information content (AvgIpc) is 2.78. The summed E-state index contributed by atoms with van der Waals surface area (Å²) in [5, 5.41) is 3.13. The van der Waals surface area contributed by atoms with Crippen LogP contribution < -0.4 is 10.7 Å². The van der Waals surface area contributed by atoms with Crippen molar-refractivity contribution < 1.29 is 13.2 Å². The van der Waals surface area contributed by atoms with Crippen LogP contribution in [0.25, 0.3) is 10.9 Å². The number of hydrogen-bond donors (Lipinski definition) is 1. The van der Waals surface area contributed by atoms with E-state index in [0.717, 1.165) is 16.7 Å². The molecule has 0 aliphatic rings. The average molecular weight is 461 g/mol. The summed E-state index contributed by atoms with van der Waals surface area (Å²) < 4.78 is 28.1. The second-order valence-corrected chi connectivity index (χ2v) is 10.1. The molecule has 0 saturated heterocycles. The zero-order valence-corrected chi connectivity index (χ0v) is 19.4. The van der Waals surface area contributed by atoms with Gasteiger partial charge in [-0.2, -0.15) is 0 Å². The van der Waals surface area contributed by atoms with Crippen molar-refractivity contribution in [1.29, 1.82) is 0 Å². The van der Waals surface area contributed by atoms with Crippen LogP contribution in [-0.2, 0) is 21.2 Å². The summed E-state index contributed by atoms with van der Waals surface area (Å²) in [5.41, 5.74) is 3.43. The molecule has 1 aromatic heterocycles. The van der Waals surface area contributed by atoms with E-state index in [1.54, 1.807) is 36.4 Å². The number of nitrogens with one attached hydrogen (secondary N) is 1. The largest absolute Gasteiger partial charge is 0.336 e. The smallest absolute Gasteiger partial charge is 0.244 e. The molecule has 1 N–H and O–H groups in total. The van der Waals surface area contributed by atoms with Crippen LogP contribution in [-0.4, -0.2) is 18.9 Å². The second-order valence-electron chi connectivity index (χ2n) is 8.15. The molecule has 4 aromatic rings. The molecule has 0 spiro atoms. The zero-order valence-electron chi connectivity index (χ0n) is 18.6. The van der Waals surface area contributed by atoms with E-state index in [0.29, 0.717) is 11.2 Å². The van der Waals surface area contributed by atoms with Gasteiger partial charge in [-0.3, -0.25) is 9.59 Å². The van der Waals surface area contributed by atoms with Gasteiger partial charge >= 0.3 is 0 Å². The molecule has 0 unspecified atom stereocenters. The summed E-state index contributed by atoms with van der Waals surface area (Å²) in [4.78, 5) is 25.7. The lowest BCUT2D eigenvalue weighted by molar-refractivity contribution is -0.116. The number of pyridine rings is 1. The highest BCUT2D eigenvalue weighted by Gasteiger charge is 2.24. The standard InChI is InChI=1S/C26H24N2O4S/c1-17-9-12-20(13-10-17)33(31,32)24-15-28(23-7-5-4-6-21(23)26(24)30)16-25(29)27-22-14-18(2)8-11-19(22)3/h4-15H,16H2,1-3H3,(H,27,29). The quantitative estimate of drug-likeness (QED) is 0.478. The summed E-state index contributed by atoms with van der Waals surface area (Å²) >= 11 is 0. The molecule has 4 rings (SSSR count). The lowest BCUT2D eigenvalue weighted by Crippen LogP contribution is -2.24. The lowest BCUT2D eigenvalue weighted by Gasteiger charge is -2.15. The normalized spacial score (nSPS) is 11.5. The van der Waals surface area contributed by atoms with Crippen LogP contribution in [0, 0.1) is 20.8 Å². The number of carbonyl (C=O) groups is 1. The molecule has 33 heavy (non-hydrogen) atoms. The maximum atomic E-state index is 13.3. The molecule has 0 atom stereocenters. The van der Waals surface area contributed by atoms with Crippen molar-refractivity contribution in [2.75, 3.05) is 5.32 Å². The highest BCUT2D eigenvalue weighted by Crippen LogP contribution is 2.22. The Hall–Kier alpha value is -3.71. The maximum Gasteiger partial charge on any atom is 0.244 e. The van der Waals surface area contributed by atoms with E-state index in [2.05, 4.69) is 5.32 Å². The van der Waals surface area contributed by atoms with Crippen molar-refractivity contribution in [3.8, 4) is 0 Å². The Morgan fingerprint density at radius 2 is 1.58 bits per heavy atom. The van der Waals surface area contributed by atoms with Crippen molar-refractivity contribution in [2.45, 2.75) is 37.1 Å². The van der Waals surface area contributed by atoms with Gasteiger partial charge in [-0.25, -0.2) is 8.42 Å². The Kier molecular flexibility index (Phi) is 5.91. The number of hydrogen-bond acceptors (Lipinski definition) is 4. The summed E-state index contributed by atoms with van der Waals surface area (Å²) in [6.45, 7) is 5.54. The number of rotatable bonds is 5. The van der Waals surface area contributed by atoms with Crippen LogP contribution >= 0.6 is 0 Å². The first kappa shape index (κ1) is 22.5. The number of nitrogens with zero attached hydrogens (tertiary/aromatic N) is 1. The molecule has 7 heteroatoms. The Bertz CT molecular complexity index is 1540. The van der Waals surface area contributed by atoms with E-state index in [1.165, 1.54) is 22.9 Å². The van der Waals surface area contributed by atoms with Crippen LogP contribution in [0.4, 0.5) is 5.69 Å². The van der Waals surface area contributed by atoms with Crippen LogP contribution in [0.2, 0.25) is 0 Å². The molecule has 0 saturated carbocycles. The van der Waals surface area contributed by atoms with Crippen molar-refractivity contribution >= 4 is 32.3 Å². The molecule has 0 fully saturated rings. The van der Waals surface area contributed by atoms with Gasteiger partial charge in [0.15, 0.2) is 0 Å². The fourth-order valence-electron chi connectivity index (χ4n) is 3.70. The number of para-hydroxylation sites is 1. The number of amides is 1. The molecular weight excluding hydrogens is 436 g/mol. The third-order valence-electron chi connectivity index (χ3n) is 5.56. The Balaban J connectivity index is 1.79. The van der Waals surface area contributed by atoms with Gasteiger partial charge in [0.25, 0.3) is 0 Å². The minimum absolute atomic E-state index is 0.0341. The van der Waals surface area contributed by atoms with E-state index in [1.807, 2.05) is 39.0 Å². The fourth-order valence-corrected chi connectivity index (χ4v) is 5.07. The predicted molar refractivity (Wildman–Crippen MR) is 129 cm³/mol. The van der Waals surface area contributed by atoms with E-state index < -0.39 is 15.3 Å². The monoisotopic (exact) mass is 460 g/mol. The summed E-state index contributed by atoms with van der Waals surface area (Å²) in [5.74, 6) is -0.323. The minimum Gasteiger partial charge on any atom is -0.336 e. The van der Waals surface area contributed by atoms with Gasteiger partial charge in [-0.05, 0) is 62.2 Å². The van der Waals surface area contributed by atoms with Crippen molar-refractivity contribution in [3.63, 3.8) is 0 Å². The number of benzene rings is 3. The van der Waals surface area contributed by atoms with Crippen molar-refractivity contribution in [3.05, 3.63) is 99.8 Å². The van der Waals surface area contributed by atoms with Crippen LogP contribution in [0.3, 0.4) is 0 Å². The number of aryl methyl sites for hydroxylation is 3. The molecule has 0 aliphatic heterocycles. The van der Waals surface area contributed by atoms with E-state index in [9.17, 15) is 18.0 Å². The fraction of sp³-hybridized carbons (Fsp3) is 0.154. The third kappa shape index (κ3) is 4.45. The number of fused-ring (bicyclic) bond motifs is 1. The number of sulfone groups is 1. The zero-order chi connectivity index (χ0) is 23.8. The highest BCUT2D eigenvalue weighted by molar-refractivity contribution is 7.91. The first-order valence-electron chi connectivity index (χ1n) is 10.5. The summed E-state index contributed by atoms with van der Waals surface area (Å²) in [6, 6.07) is 18.8. The minimum atomic E-state index is -4.07. The molecule has 6 nitrogen and oxygen atoms in total. The molecule has 1 amide bonds. The van der Waals surface area contributed by atoms with Gasteiger partial charge < -0.3 is 9.88 Å². The highest BCUT2D eigenvalue weighted by atomic mass is 32.2. The van der Waals surface area contributed by atoms with E-state index in [-0.39, 0.29) is 27.6 Å². The summed E-state index contributed by atoms with van der Waals surface area (Å²) in [6.07, 6.45) is 1.27. The van der Waals surface area contributed by atoms with Crippen molar-refractivity contribution in [1.82, 2.24) is 4.57 Å². The van der Waals surface area contributed by atoms with Gasteiger partial charge in [0.1, 0.15) is 11.4 Å². The van der Waals surface area contributed by atoms with Gasteiger partial charge in [-0.15, -0.1) is 0 Å². The molecule has 1 heterocycles. The Morgan fingerprint density at radius 3 is 2.30 bits per heavy atom. The topological polar surface area (TPSA) is 85.2 Å². The first-order chi connectivity index (χ1) is 15.7. The first-order valence-corrected chi connectivity index (χ1v) is 12.0. The van der Waals surface area contributed by atoms with Gasteiger partial charge in [0, 0.05) is 17.3 Å². The molecule has 3 aromatic carbocycles. The van der Waals surface area contributed by atoms with Gasteiger partial charge in [-0.1, -0.05) is 42.0 Å².